The summed E-state index contributed by atoms with van der Waals surface area (Å²) >= 11 is 2.86. The molecule has 0 bridgehead atoms. The molecular formula is C13H15N3O2S2. The van der Waals surface area contributed by atoms with Gasteiger partial charge in [0.05, 0.1) is 12.9 Å². The molecule has 0 saturated carbocycles. The van der Waals surface area contributed by atoms with Gasteiger partial charge in [-0.25, -0.2) is 0 Å². The maximum atomic E-state index is 11.3. The van der Waals surface area contributed by atoms with Gasteiger partial charge in [0.2, 0.25) is 5.13 Å². The lowest BCUT2D eigenvalue weighted by atomic mass is 10.3. The molecule has 0 radical (unpaired) electrons. The lowest BCUT2D eigenvalue weighted by Gasteiger charge is -2.03. The molecule has 0 aliphatic carbocycles. The number of benzene rings is 1. The zero-order chi connectivity index (χ0) is 14.4. The minimum Gasteiger partial charge on any atom is -0.497 e. The molecule has 0 aliphatic heterocycles. The SMILES string of the molecule is CCC(=O)CSc1nnc(Nc2ccc(OC)cc2)s1. The fourth-order valence-electron chi connectivity index (χ4n) is 1.36. The Balaban J connectivity index is 1.93. The van der Waals surface area contributed by atoms with E-state index in [-0.39, 0.29) is 5.78 Å². The number of Topliss-reactive ketones (excluding diaryl/α,β-unsaturated/α-hetero) is 1. The molecule has 1 aromatic heterocycles. The van der Waals surface area contributed by atoms with Crippen molar-refractivity contribution in [2.45, 2.75) is 17.7 Å². The summed E-state index contributed by atoms with van der Waals surface area (Å²) in [6, 6.07) is 7.57. The Bertz CT molecular complexity index is 569. The summed E-state index contributed by atoms with van der Waals surface area (Å²) in [5, 5.41) is 12.0. The van der Waals surface area contributed by atoms with Crippen LogP contribution >= 0.6 is 23.1 Å². The van der Waals surface area contributed by atoms with E-state index in [1.54, 1.807) is 7.11 Å². The third kappa shape index (κ3) is 4.21. The molecular weight excluding hydrogens is 294 g/mol. The molecule has 0 spiro atoms. The first-order valence-corrected chi connectivity index (χ1v) is 7.90. The van der Waals surface area contributed by atoms with Crippen LogP contribution in [0.2, 0.25) is 0 Å². The lowest BCUT2D eigenvalue weighted by molar-refractivity contribution is -0.116. The number of methoxy groups -OCH3 is 1. The van der Waals surface area contributed by atoms with Crippen LogP contribution in [0.4, 0.5) is 10.8 Å². The number of nitrogens with one attached hydrogen (secondary N) is 1. The number of ketones is 1. The average Bonchev–Trinajstić information content (AvgIpc) is 2.93. The van der Waals surface area contributed by atoms with E-state index in [0.29, 0.717) is 17.3 Å². The van der Waals surface area contributed by atoms with Gasteiger partial charge in [-0.15, -0.1) is 10.2 Å². The molecule has 0 unspecified atom stereocenters. The Morgan fingerprint density at radius 2 is 2.10 bits per heavy atom. The molecule has 0 aliphatic rings. The Kier molecular flexibility index (Phi) is 5.37. The van der Waals surface area contributed by atoms with Crippen molar-refractivity contribution in [3.05, 3.63) is 24.3 Å². The highest BCUT2D eigenvalue weighted by molar-refractivity contribution is 8.01. The molecule has 0 atom stereocenters. The Morgan fingerprint density at radius 1 is 1.35 bits per heavy atom. The van der Waals surface area contributed by atoms with Gasteiger partial charge in [0.25, 0.3) is 0 Å². The second-order valence-electron chi connectivity index (χ2n) is 3.91. The van der Waals surface area contributed by atoms with Crippen LogP contribution in [-0.4, -0.2) is 28.8 Å². The number of carbonyl (C=O) groups is 1. The third-order valence-corrected chi connectivity index (χ3v) is 4.53. The molecule has 0 fully saturated rings. The van der Waals surface area contributed by atoms with Crippen molar-refractivity contribution in [3.63, 3.8) is 0 Å². The highest BCUT2D eigenvalue weighted by Gasteiger charge is 2.07. The van der Waals surface area contributed by atoms with Crippen molar-refractivity contribution in [3.8, 4) is 5.75 Å². The molecule has 20 heavy (non-hydrogen) atoms. The fourth-order valence-corrected chi connectivity index (χ4v) is 3.09. The van der Waals surface area contributed by atoms with E-state index in [2.05, 4.69) is 15.5 Å². The van der Waals surface area contributed by atoms with Crippen LogP contribution in [0.25, 0.3) is 0 Å². The van der Waals surface area contributed by atoms with E-state index in [1.807, 2.05) is 31.2 Å². The van der Waals surface area contributed by atoms with Gasteiger partial charge < -0.3 is 10.1 Å². The number of aromatic nitrogens is 2. The first-order chi connectivity index (χ1) is 9.71. The summed E-state index contributed by atoms with van der Waals surface area (Å²) in [4.78, 5) is 11.3. The molecule has 1 N–H and O–H groups in total. The van der Waals surface area contributed by atoms with E-state index in [1.165, 1.54) is 23.1 Å². The van der Waals surface area contributed by atoms with Crippen molar-refractivity contribution >= 4 is 39.7 Å². The molecule has 7 heteroatoms. The summed E-state index contributed by atoms with van der Waals surface area (Å²) in [5.41, 5.74) is 0.920. The average molecular weight is 309 g/mol. The highest BCUT2D eigenvalue weighted by Crippen LogP contribution is 2.28. The first kappa shape index (κ1) is 14.8. The number of thioether (sulfide) groups is 1. The van der Waals surface area contributed by atoms with Crippen molar-refractivity contribution in [1.29, 1.82) is 0 Å². The molecule has 0 amide bonds. The van der Waals surface area contributed by atoms with Gasteiger partial charge in [-0.3, -0.25) is 4.79 Å². The Labute approximate surface area is 125 Å². The Morgan fingerprint density at radius 3 is 2.75 bits per heavy atom. The van der Waals surface area contributed by atoms with Gasteiger partial charge in [0.1, 0.15) is 11.5 Å². The number of hydrogen-bond acceptors (Lipinski definition) is 7. The third-order valence-electron chi connectivity index (χ3n) is 2.50. The fraction of sp³-hybridized carbons (Fsp3) is 0.308. The topological polar surface area (TPSA) is 64.1 Å². The summed E-state index contributed by atoms with van der Waals surface area (Å²) in [7, 11) is 1.63. The van der Waals surface area contributed by atoms with E-state index >= 15 is 0 Å². The van der Waals surface area contributed by atoms with Crippen LogP contribution in [0.5, 0.6) is 5.75 Å². The minimum atomic E-state index is 0.217. The van der Waals surface area contributed by atoms with Gasteiger partial charge in [-0.1, -0.05) is 30.0 Å². The summed E-state index contributed by atoms with van der Waals surface area (Å²) in [6.07, 6.45) is 0.558. The number of hydrogen-bond donors (Lipinski definition) is 1. The monoisotopic (exact) mass is 309 g/mol. The van der Waals surface area contributed by atoms with Gasteiger partial charge in [-0.05, 0) is 24.3 Å². The second kappa shape index (κ2) is 7.25. The van der Waals surface area contributed by atoms with Crippen LogP contribution in [0.3, 0.4) is 0 Å². The number of carbonyl (C=O) groups excluding carboxylic acids is 1. The Hall–Kier alpha value is -1.60. The van der Waals surface area contributed by atoms with Crippen molar-refractivity contribution in [1.82, 2.24) is 10.2 Å². The predicted octanol–water partition coefficient (Wildman–Crippen LogP) is 3.36. The number of nitrogens with zero attached hydrogens (tertiary/aromatic N) is 2. The first-order valence-electron chi connectivity index (χ1n) is 6.10. The van der Waals surface area contributed by atoms with Crippen LogP contribution in [0, 0.1) is 0 Å². The standard InChI is InChI=1S/C13H15N3O2S2/c1-3-10(17)8-19-13-16-15-12(20-13)14-9-4-6-11(18-2)7-5-9/h4-7H,3,8H2,1-2H3,(H,14,15). The molecule has 0 saturated heterocycles. The predicted molar refractivity (Wildman–Crippen MR) is 82.2 cm³/mol. The van der Waals surface area contributed by atoms with Crippen LogP contribution < -0.4 is 10.1 Å². The maximum Gasteiger partial charge on any atom is 0.210 e. The van der Waals surface area contributed by atoms with Gasteiger partial charge >= 0.3 is 0 Å². The molecule has 5 nitrogen and oxygen atoms in total. The van der Waals surface area contributed by atoms with Gasteiger partial charge in [-0.2, -0.15) is 0 Å². The van der Waals surface area contributed by atoms with Crippen molar-refractivity contribution in [2.24, 2.45) is 0 Å². The zero-order valence-electron chi connectivity index (χ0n) is 11.3. The smallest absolute Gasteiger partial charge is 0.210 e. The summed E-state index contributed by atoms with van der Waals surface area (Å²) in [5.74, 6) is 1.48. The van der Waals surface area contributed by atoms with Gasteiger partial charge in [0, 0.05) is 12.1 Å². The maximum absolute atomic E-state index is 11.3. The van der Waals surface area contributed by atoms with E-state index < -0.39 is 0 Å². The van der Waals surface area contributed by atoms with Gasteiger partial charge in [0.15, 0.2) is 4.34 Å². The number of rotatable bonds is 7. The molecule has 2 rings (SSSR count). The highest BCUT2D eigenvalue weighted by atomic mass is 32.2. The number of ether oxygens (including phenoxy) is 1. The number of anilines is 2. The summed E-state index contributed by atoms with van der Waals surface area (Å²) < 4.78 is 5.89. The molecule has 106 valence electrons. The minimum absolute atomic E-state index is 0.217. The summed E-state index contributed by atoms with van der Waals surface area (Å²) in [6.45, 7) is 1.86. The van der Waals surface area contributed by atoms with E-state index in [9.17, 15) is 4.79 Å². The molecule has 1 aromatic carbocycles. The van der Waals surface area contributed by atoms with Crippen LogP contribution in [0.15, 0.2) is 28.6 Å². The van der Waals surface area contributed by atoms with Crippen molar-refractivity contribution in [2.75, 3.05) is 18.2 Å². The molecule has 2 aromatic rings. The molecule has 1 heterocycles. The van der Waals surface area contributed by atoms with Crippen LogP contribution in [-0.2, 0) is 4.79 Å². The van der Waals surface area contributed by atoms with E-state index in [4.69, 9.17) is 4.74 Å². The quantitative estimate of drug-likeness (QED) is 0.791. The zero-order valence-corrected chi connectivity index (χ0v) is 12.9. The largest absolute Gasteiger partial charge is 0.497 e. The van der Waals surface area contributed by atoms with Crippen molar-refractivity contribution < 1.29 is 9.53 Å². The van der Waals surface area contributed by atoms with E-state index in [0.717, 1.165) is 15.8 Å². The normalized spacial score (nSPS) is 10.3. The van der Waals surface area contributed by atoms with Crippen LogP contribution in [0.1, 0.15) is 13.3 Å². The lowest BCUT2D eigenvalue weighted by Crippen LogP contribution is -1.97. The second-order valence-corrected chi connectivity index (χ2v) is 6.11.